The summed E-state index contributed by atoms with van der Waals surface area (Å²) in [5.41, 5.74) is -0.882. The summed E-state index contributed by atoms with van der Waals surface area (Å²) in [5, 5.41) is 0. The van der Waals surface area contributed by atoms with Gasteiger partial charge in [-0.2, -0.15) is 0 Å². The Balaban J connectivity index is 1.55. The number of hydrogen-bond donors (Lipinski definition) is 0. The van der Waals surface area contributed by atoms with Crippen LogP contribution in [-0.4, -0.2) is 76.6 Å². The van der Waals surface area contributed by atoms with Crippen molar-refractivity contribution < 1.29 is 33.1 Å². The van der Waals surface area contributed by atoms with Gasteiger partial charge in [-0.05, 0) is 43.4 Å². The van der Waals surface area contributed by atoms with Gasteiger partial charge in [0.05, 0.1) is 25.5 Å². The van der Waals surface area contributed by atoms with Crippen LogP contribution < -0.4 is 0 Å². The number of furan rings is 1. The Morgan fingerprint density at radius 3 is 2.42 bits per heavy atom. The predicted octanol–water partition coefficient (Wildman–Crippen LogP) is 1.48. The van der Waals surface area contributed by atoms with Crippen molar-refractivity contribution in [1.29, 1.82) is 0 Å². The fourth-order valence-corrected chi connectivity index (χ4v) is 6.53. The number of rotatable bonds is 7. The van der Waals surface area contributed by atoms with E-state index in [9.17, 15) is 24.0 Å². The Bertz CT molecular complexity index is 1330. The number of imide groups is 1. The van der Waals surface area contributed by atoms with E-state index in [4.69, 9.17) is 9.15 Å². The van der Waals surface area contributed by atoms with E-state index >= 15 is 0 Å². The SMILES string of the molecule is COC(=O)CN1C(=O)[C@H]2[C@@H](c3ccc(C)o3)N3C(=O)CN(CC4CC4)C(=O)[C@@]3(Cc3ccccc3)[C@H]2C1=O. The van der Waals surface area contributed by atoms with Crippen LogP contribution >= 0.6 is 0 Å². The molecule has 4 amide bonds. The molecule has 4 fully saturated rings. The molecule has 10 heteroatoms. The summed E-state index contributed by atoms with van der Waals surface area (Å²) < 4.78 is 10.7. The van der Waals surface area contributed by atoms with E-state index in [0.717, 1.165) is 23.3 Å². The first kappa shape index (κ1) is 24.4. The molecule has 1 aromatic carbocycles. The van der Waals surface area contributed by atoms with Crippen LogP contribution in [0.2, 0.25) is 0 Å². The highest BCUT2D eigenvalue weighted by Gasteiger charge is 2.75. The first-order valence-corrected chi connectivity index (χ1v) is 12.9. The first-order chi connectivity index (χ1) is 18.3. The summed E-state index contributed by atoms with van der Waals surface area (Å²) in [6.45, 7) is 1.51. The Morgan fingerprint density at radius 2 is 1.79 bits per heavy atom. The molecular formula is C28H29N3O7. The van der Waals surface area contributed by atoms with E-state index < -0.39 is 47.7 Å². The molecule has 3 aliphatic heterocycles. The number of benzene rings is 1. The van der Waals surface area contributed by atoms with Gasteiger partial charge in [0.15, 0.2) is 0 Å². The van der Waals surface area contributed by atoms with Crippen molar-refractivity contribution in [3.8, 4) is 0 Å². The molecule has 0 spiro atoms. The standard InChI is InChI=1S/C28H29N3O7/c1-16-8-11-19(38-16)24-22-23(26(35)30(25(22)34)15-21(33)37-2)28(12-17-6-4-3-5-7-17)27(36)29(13-18-9-10-18)14-20(32)31(24)28/h3-8,11,18,22-24H,9-10,12-15H2,1-2H3/t22-,23-,24-,28-/m1/s1. The largest absolute Gasteiger partial charge is 0.468 e. The molecule has 4 heterocycles. The van der Waals surface area contributed by atoms with Gasteiger partial charge in [-0.3, -0.25) is 28.9 Å². The van der Waals surface area contributed by atoms with E-state index in [2.05, 4.69) is 0 Å². The average Bonchev–Trinajstić information content (AvgIpc) is 3.45. The zero-order chi connectivity index (χ0) is 26.8. The van der Waals surface area contributed by atoms with Crippen LogP contribution in [0.25, 0.3) is 0 Å². The minimum absolute atomic E-state index is 0.0576. The molecule has 0 radical (unpaired) electrons. The van der Waals surface area contributed by atoms with Crippen LogP contribution in [0.15, 0.2) is 46.9 Å². The number of fused-ring (bicyclic) bond motifs is 3. The number of ether oxygens (including phenoxy) is 1. The van der Waals surface area contributed by atoms with Crippen molar-refractivity contribution in [3.05, 3.63) is 59.5 Å². The van der Waals surface area contributed by atoms with Gasteiger partial charge in [0.25, 0.3) is 0 Å². The molecule has 4 atom stereocenters. The van der Waals surface area contributed by atoms with Gasteiger partial charge in [0.2, 0.25) is 23.6 Å². The lowest BCUT2D eigenvalue weighted by Gasteiger charge is -2.49. The number of methoxy groups -OCH3 is 1. The molecule has 38 heavy (non-hydrogen) atoms. The third-order valence-corrected chi connectivity index (χ3v) is 8.32. The van der Waals surface area contributed by atoms with Crippen molar-refractivity contribution in [2.75, 3.05) is 26.7 Å². The second kappa shape index (κ2) is 8.82. The van der Waals surface area contributed by atoms with Crippen LogP contribution in [0.1, 0.15) is 36.0 Å². The molecule has 1 aliphatic carbocycles. The van der Waals surface area contributed by atoms with Crippen molar-refractivity contribution in [2.24, 2.45) is 17.8 Å². The maximum atomic E-state index is 14.5. The lowest BCUT2D eigenvalue weighted by molar-refractivity contribution is -0.170. The lowest BCUT2D eigenvalue weighted by atomic mass is 9.74. The van der Waals surface area contributed by atoms with Crippen LogP contribution in [0.5, 0.6) is 0 Å². The smallest absolute Gasteiger partial charge is 0.325 e. The monoisotopic (exact) mass is 519 g/mol. The molecule has 3 saturated heterocycles. The Labute approximate surface area is 219 Å². The fraction of sp³-hybridized carbons (Fsp3) is 0.464. The lowest BCUT2D eigenvalue weighted by Crippen LogP contribution is -2.70. The minimum Gasteiger partial charge on any atom is -0.468 e. The minimum atomic E-state index is -1.64. The van der Waals surface area contributed by atoms with E-state index in [1.54, 1.807) is 24.0 Å². The fourth-order valence-electron chi connectivity index (χ4n) is 6.53. The number of hydrogen-bond acceptors (Lipinski definition) is 7. The third-order valence-electron chi connectivity index (χ3n) is 8.32. The average molecular weight is 520 g/mol. The highest BCUT2D eigenvalue weighted by Crippen LogP contribution is 2.58. The summed E-state index contributed by atoms with van der Waals surface area (Å²) in [5.74, 6) is -3.67. The van der Waals surface area contributed by atoms with E-state index in [-0.39, 0.29) is 24.8 Å². The van der Waals surface area contributed by atoms with E-state index in [1.165, 1.54) is 12.0 Å². The van der Waals surface area contributed by atoms with E-state index in [0.29, 0.717) is 24.0 Å². The molecule has 4 aliphatic rings. The van der Waals surface area contributed by atoms with Crippen molar-refractivity contribution in [1.82, 2.24) is 14.7 Å². The number of likely N-dealkylation sites (tertiary alicyclic amines) is 1. The Morgan fingerprint density at radius 1 is 1.05 bits per heavy atom. The topological polar surface area (TPSA) is 117 Å². The normalized spacial score (nSPS) is 28.7. The summed E-state index contributed by atoms with van der Waals surface area (Å²) >= 11 is 0. The molecular weight excluding hydrogens is 490 g/mol. The van der Waals surface area contributed by atoms with Gasteiger partial charge in [-0.15, -0.1) is 0 Å². The third kappa shape index (κ3) is 3.57. The molecule has 1 aromatic heterocycles. The van der Waals surface area contributed by atoms with E-state index in [1.807, 2.05) is 30.3 Å². The number of amides is 4. The van der Waals surface area contributed by atoms with Gasteiger partial charge < -0.3 is 19.0 Å². The maximum absolute atomic E-state index is 14.5. The molecule has 198 valence electrons. The van der Waals surface area contributed by atoms with Gasteiger partial charge >= 0.3 is 5.97 Å². The molecule has 6 rings (SSSR count). The van der Waals surface area contributed by atoms with Crippen LogP contribution in [0.3, 0.4) is 0 Å². The molecule has 0 unspecified atom stereocenters. The quantitative estimate of drug-likeness (QED) is 0.402. The zero-order valence-corrected chi connectivity index (χ0v) is 21.3. The molecule has 2 aromatic rings. The van der Waals surface area contributed by atoms with Gasteiger partial charge in [0, 0.05) is 13.0 Å². The van der Waals surface area contributed by atoms with Gasteiger partial charge in [0.1, 0.15) is 29.6 Å². The number of carbonyl (C=O) groups is 5. The van der Waals surface area contributed by atoms with Crippen LogP contribution in [0, 0.1) is 24.7 Å². The summed E-state index contributed by atoms with van der Waals surface area (Å²) in [7, 11) is 1.18. The number of carbonyl (C=O) groups excluding carboxylic acids is 5. The zero-order valence-electron chi connectivity index (χ0n) is 21.3. The Hall–Kier alpha value is -3.95. The van der Waals surface area contributed by atoms with Crippen molar-refractivity contribution >= 4 is 29.6 Å². The van der Waals surface area contributed by atoms with Crippen LogP contribution in [0.4, 0.5) is 0 Å². The van der Waals surface area contributed by atoms with Crippen molar-refractivity contribution in [2.45, 2.75) is 37.8 Å². The summed E-state index contributed by atoms with van der Waals surface area (Å²) in [6.07, 6.45) is 2.03. The predicted molar refractivity (Wildman–Crippen MR) is 131 cm³/mol. The van der Waals surface area contributed by atoms with Crippen molar-refractivity contribution in [3.63, 3.8) is 0 Å². The first-order valence-electron chi connectivity index (χ1n) is 12.9. The number of nitrogens with zero attached hydrogens (tertiary/aromatic N) is 3. The highest BCUT2D eigenvalue weighted by atomic mass is 16.5. The maximum Gasteiger partial charge on any atom is 0.325 e. The second-order valence-corrected chi connectivity index (χ2v) is 10.7. The molecule has 0 N–H and O–H groups in total. The van der Waals surface area contributed by atoms with Gasteiger partial charge in [-0.25, -0.2) is 0 Å². The number of esters is 1. The second-order valence-electron chi connectivity index (χ2n) is 10.7. The summed E-state index contributed by atoms with van der Waals surface area (Å²) in [6, 6.07) is 11.7. The molecule has 0 bridgehead atoms. The van der Waals surface area contributed by atoms with Crippen LogP contribution in [-0.2, 0) is 35.1 Å². The van der Waals surface area contributed by atoms with Gasteiger partial charge in [-0.1, -0.05) is 30.3 Å². The molecule has 10 nitrogen and oxygen atoms in total. The Kier molecular flexibility index (Phi) is 5.66. The number of aryl methyl sites for hydroxylation is 1. The summed E-state index contributed by atoms with van der Waals surface area (Å²) in [4.78, 5) is 72.4. The number of piperazine rings is 1. The highest BCUT2D eigenvalue weighted by molar-refractivity contribution is 6.14. The molecule has 1 saturated carbocycles.